The fraction of sp³-hybridized carbons (Fsp3) is 0.800. The summed E-state index contributed by atoms with van der Waals surface area (Å²) in [6.45, 7) is 4.56. The van der Waals surface area contributed by atoms with Crippen molar-refractivity contribution in [3.63, 3.8) is 0 Å². The van der Waals surface area contributed by atoms with E-state index in [0.29, 0.717) is 13.0 Å². The molecular formula is C10H18N2O2S. The minimum absolute atomic E-state index is 0.0213. The molecule has 1 fully saturated rings. The monoisotopic (exact) mass is 230 g/mol. The van der Waals surface area contributed by atoms with Gasteiger partial charge in [-0.1, -0.05) is 6.92 Å². The number of hydrogen-bond donors (Lipinski definition) is 1. The number of nitrogens with zero attached hydrogens (tertiary/aromatic N) is 1. The summed E-state index contributed by atoms with van der Waals surface area (Å²) in [4.78, 5) is 25.2. The molecule has 0 aromatic rings. The average Bonchev–Trinajstić information content (AvgIpc) is 2.24. The van der Waals surface area contributed by atoms with Crippen LogP contribution in [0.3, 0.4) is 0 Å². The van der Waals surface area contributed by atoms with E-state index >= 15 is 0 Å². The predicted octanol–water partition coefficient (Wildman–Crippen LogP) is 0.476. The smallest absolute Gasteiger partial charge is 0.246 e. The second kappa shape index (κ2) is 4.88. The summed E-state index contributed by atoms with van der Waals surface area (Å²) in [6.07, 6.45) is 2.65. The van der Waals surface area contributed by atoms with Crippen LogP contribution in [-0.2, 0) is 9.59 Å². The van der Waals surface area contributed by atoms with Crippen LogP contribution < -0.4 is 5.32 Å². The van der Waals surface area contributed by atoms with Crippen LogP contribution in [0, 0.1) is 0 Å². The topological polar surface area (TPSA) is 49.4 Å². The van der Waals surface area contributed by atoms with Crippen molar-refractivity contribution < 1.29 is 9.59 Å². The molecular weight excluding hydrogens is 212 g/mol. The molecule has 1 heterocycles. The Balaban J connectivity index is 2.83. The first-order valence-corrected chi connectivity index (χ1v) is 6.53. The molecule has 4 nitrogen and oxygen atoms in total. The molecule has 1 unspecified atom stereocenters. The molecule has 1 rings (SSSR count). The lowest BCUT2D eigenvalue weighted by molar-refractivity contribution is -0.152. The Labute approximate surface area is 94.8 Å². The molecule has 0 spiro atoms. The van der Waals surface area contributed by atoms with Crippen molar-refractivity contribution in [3.05, 3.63) is 0 Å². The summed E-state index contributed by atoms with van der Waals surface area (Å²) in [6, 6.07) is 0. The van der Waals surface area contributed by atoms with Crippen LogP contribution in [-0.4, -0.2) is 47.4 Å². The normalized spacial score (nSPS) is 26.7. The van der Waals surface area contributed by atoms with E-state index in [0.717, 1.165) is 5.75 Å². The zero-order valence-electron chi connectivity index (χ0n) is 9.50. The maximum Gasteiger partial charge on any atom is 0.246 e. The van der Waals surface area contributed by atoms with Crippen molar-refractivity contribution in [2.75, 3.05) is 25.1 Å². The Morgan fingerprint density at radius 1 is 1.53 bits per heavy atom. The number of thioether (sulfide) groups is 1. The lowest BCUT2D eigenvalue weighted by atomic mass is 9.93. The zero-order chi connectivity index (χ0) is 11.5. The minimum Gasteiger partial charge on any atom is -0.345 e. The maximum atomic E-state index is 11.8. The van der Waals surface area contributed by atoms with Gasteiger partial charge >= 0.3 is 0 Å². The first kappa shape index (κ1) is 12.4. The van der Waals surface area contributed by atoms with E-state index in [2.05, 4.69) is 5.32 Å². The van der Waals surface area contributed by atoms with Gasteiger partial charge in [-0.05, 0) is 19.6 Å². The Kier molecular flexibility index (Phi) is 4.02. The van der Waals surface area contributed by atoms with Gasteiger partial charge in [-0.25, -0.2) is 0 Å². The highest BCUT2D eigenvalue weighted by Gasteiger charge is 2.43. The molecule has 0 aliphatic carbocycles. The molecule has 86 valence electrons. The number of hydrogen-bond acceptors (Lipinski definition) is 3. The van der Waals surface area contributed by atoms with Crippen molar-refractivity contribution in [2.24, 2.45) is 0 Å². The fourth-order valence-electron chi connectivity index (χ4n) is 1.74. The number of amides is 2. The maximum absolute atomic E-state index is 11.8. The van der Waals surface area contributed by atoms with Crippen LogP contribution in [0.5, 0.6) is 0 Å². The summed E-state index contributed by atoms with van der Waals surface area (Å²) < 4.78 is 0. The van der Waals surface area contributed by atoms with Crippen LogP contribution in [0.1, 0.15) is 20.3 Å². The van der Waals surface area contributed by atoms with Crippen molar-refractivity contribution in [1.29, 1.82) is 0 Å². The third kappa shape index (κ3) is 2.27. The number of carbonyl (C=O) groups is 2. The van der Waals surface area contributed by atoms with Crippen LogP contribution in [0.2, 0.25) is 0 Å². The number of nitrogens with one attached hydrogen (secondary N) is 1. The largest absolute Gasteiger partial charge is 0.345 e. The van der Waals surface area contributed by atoms with E-state index < -0.39 is 5.54 Å². The Morgan fingerprint density at radius 2 is 2.20 bits per heavy atom. The predicted molar refractivity (Wildman–Crippen MR) is 61.8 cm³/mol. The molecule has 15 heavy (non-hydrogen) atoms. The second-order valence-electron chi connectivity index (χ2n) is 3.85. The Hall–Kier alpha value is -0.710. The van der Waals surface area contributed by atoms with Crippen molar-refractivity contribution in [1.82, 2.24) is 10.2 Å². The van der Waals surface area contributed by atoms with E-state index in [9.17, 15) is 9.59 Å². The summed E-state index contributed by atoms with van der Waals surface area (Å²) in [5.74, 6) is 0.855. The molecule has 0 radical (unpaired) electrons. The molecule has 0 aromatic heterocycles. The molecule has 1 aliphatic rings. The van der Waals surface area contributed by atoms with Crippen molar-refractivity contribution in [2.45, 2.75) is 25.8 Å². The molecule has 5 heteroatoms. The average molecular weight is 230 g/mol. The third-order valence-corrected chi connectivity index (χ3v) is 3.58. The molecule has 2 amide bonds. The minimum atomic E-state index is -0.662. The molecule has 1 atom stereocenters. The molecule has 0 bridgehead atoms. The highest BCUT2D eigenvalue weighted by molar-refractivity contribution is 7.98. The first-order chi connectivity index (χ1) is 7.06. The molecule has 0 saturated carbocycles. The molecule has 1 N–H and O–H groups in total. The number of piperazine rings is 1. The summed E-state index contributed by atoms with van der Waals surface area (Å²) in [5, 5.41) is 2.64. The van der Waals surface area contributed by atoms with Crippen molar-refractivity contribution in [3.8, 4) is 0 Å². The Bertz CT molecular complexity index is 270. The van der Waals surface area contributed by atoms with E-state index in [1.54, 1.807) is 16.7 Å². The lowest BCUT2D eigenvalue weighted by Gasteiger charge is -2.43. The van der Waals surface area contributed by atoms with Gasteiger partial charge in [0.2, 0.25) is 11.8 Å². The van der Waals surface area contributed by atoms with Gasteiger partial charge in [-0.2, -0.15) is 11.8 Å². The Morgan fingerprint density at radius 3 is 2.73 bits per heavy atom. The molecule has 1 saturated heterocycles. The fourth-order valence-corrected chi connectivity index (χ4v) is 2.11. The van der Waals surface area contributed by atoms with Gasteiger partial charge in [0.25, 0.3) is 0 Å². The molecule has 0 aromatic carbocycles. The van der Waals surface area contributed by atoms with E-state index in [1.165, 1.54) is 0 Å². The lowest BCUT2D eigenvalue weighted by Crippen LogP contribution is -2.65. The quantitative estimate of drug-likeness (QED) is 0.764. The summed E-state index contributed by atoms with van der Waals surface area (Å²) in [5.41, 5.74) is -0.662. The van der Waals surface area contributed by atoms with Gasteiger partial charge in [0.1, 0.15) is 5.54 Å². The summed E-state index contributed by atoms with van der Waals surface area (Å²) in [7, 11) is 0. The van der Waals surface area contributed by atoms with Gasteiger partial charge in [0.15, 0.2) is 0 Å². The number of carbonyl (C=O) groups excluding carboxylic acids is 2. The van der Waals surface area contributed by atoms with Gasteiger partial charge in [-0.15, -0.1) is 0 Å². The standard InChI is InChI=1S/C10H18N2O2S/c1-4-10(2)9(14)11-7-8(13)12(10)5-6-15-3/h4-7H2,1-3H3,(H,11,14). The van der Waals surface area contributed by atoms with Crippen LogP contribution >= 0.6 is 11.8 Å². The van der Waals surface area contributed by atoms with Gasteiger partial charge in [0, 0.05) is 12.3 Å². The van der Waals surface area contributed by atoms with Gasteiger partial charge in [0.05, 0.1) is 6.54 Å². The third-order valence-electron chi connectivity index (χ3n) is 2.99. The van der Waals surface area contributed by atoms with Crippen LogP contribution in [0.15, 0.2) is 0 Å². The highest BCUT2D eigenvalue weighted by Crippen LogP contribution is 2.23. The van der Waals surface area contributed by atoms with E-state index in [1.807, 2.05) is 20.1 Å². The van der Waals surface area contributed by atoms with Crippen LogP contribution in [0.4, 0.5) is 0 Å². The zero-order valence-corrected chi connectivity index (χ0v) is 10.3. The van der Waals surface area contributed by atoms with E-state index in [-0.39, 0.29) is 18.4 Å². The van der Waals surface area contributed by atoms with Gasteiger partial charge < -0.3 is 10.2 Å². The van der Waals surface area contributed by atoms with E-state index in [4.69, 9.17) is 0 Å². The summed E-state index contributed by atoms with van der Waals surface area (Å²) >= 11 is 1.68. The molecule has 1 aliphatic heterocycles. The highest BCUT2D eigenvalue weighted by atomic mass is 32.2. The van der Waals surface area contributed by atoms with Gasteiger partial charge in [-0.3, -0.25) is 9.59 Å². The SMILES string of the molecule is CCC1(C)C(=O)NCC(=O)N1CCSC. The number of rotatable bonds is 4. The first-order valence-electron chi connectivity index (χ1n) is 5.14. The second-order valence-corrected chi connectivity index (χ2v) is 4.83. The van der Waals surface area contributed by atoms with Crippen LogP contribution in [0.25, 0.3) is 0 Å². The van der Waals surface area contributed by atoms with Crippen molar-refractivity contribution >= 4 is 23.6 Å².